The predicted molar refractivity (Wildman–Crippen MR) is 88.4 cm³/mol. The van der Waals surface area contributed by atoms with Crippen molar-refractivity contribution in [2.75, 3.05) is 7.05 Å². The monoisotopic (exact) mass is 312 g/mol. The smallest absolute Gasteiger partial charge is 0.226 e. The van der Waals surface area contributed by atoms with Crippen LogP contribution < -0.4 is 5.73 Å². The molecule has 0 fully saturated rings. The Morgan fingerprint density at radius 2 is 2.00 bits per heavy atom. The highest BCUT2D eigenvalue weighted by molar-refractivity contribution is 7.17. The summed E-state index contributed by atoms with van der Waals surface area (Å²) in [5.74, 6) is -0.0415. The molecule has 2 unspecified atom stereocenters. The molecule has 0 radical (unpaired) electrons. The van der Waals surface area contributed by atoms with Gasteiger partial charge in [-0.25, -0.2) is 0 Å². The fraction of sp³-hybridized carbons (Fsp3) is 0.400. The largest absolute Gasteiger partial charge is 0.341 e. The van der Waals surface area contributed by atoms with Crippen LogP contribution in [-0.4, -0.2) is 23.9 Å². The van der Waals surface area contributed by atoms with Crippen LogP contribution in [0.4, 0.5) is 0 Å². The van der Waals surface area contributed by atoms with E-state index in [0.717, 1.165) is 0 Å². The zero-order valence-electron chi connectivity index (χ0n) is 12.0. The van der Waals surface area contributed by atoms with Gasteiger partial charge in [-0.05, 0) is 29.3 Å². The molecule has 0 bridgehead atoms. The Morgan fingerprint density at radius 1 is 1.35 bits per heavy atom. The first-order valence-electron chi connectivity index (χ1n) is 6.46. The van der Waals surface area contributed by atoms with E-state index in [-0.39, 0.29) is 30.3 Å². The van der Waals surface area contributed by atoms with Crippen molar-refractivity contribution in [2.45, 2.75) is 26.4 Å². The molecule has 3 nitrogen and oxygen atoms in total. The summed E-state index contributed by atoms with van der Waals surface area (Å²) in [6.45, 7) is 4.39. The van der Waals surface area contributed by atoms with Crippen molar-refractivity contribution in [3.63, 3.8) is 0 Å². The highest BCUT2D eigenvalue weighted by atomic mass is 35.5. The van der Waals surface area contributed by atoms with Gasteiger partial charge in [-0.2, -0.15) is 0 Å². The van der Waals surface area contributed by atoms with Crippen molar-refractivity contribution >= 4 is 39.7 Å². The van der Waals surface area contributed by atoms with Gasteiger partial charge in [0.15, 0.2) is 0 Å². The second-order valence-electron chi connectivity index (χ2n) is 5.10. The quantitative estimate of drug-likeness (QED) is 0.942. The van der Waals surface area contributed by atoms with E-state index in [1.54, 1.807) is 16.2 Å². The number of hydrogen-bond acceptors (Lipinski definition) is 3. The summed E-state index contributed by atoms with van der Waals surface area (Å²) in [6, 6.07) is 8.17. The molecule has 110 valence electrons. The molecule has 0 saturated carbocycles. The molecule has 2 aromatic rings. The molecule has 20 heavy (non-hydrogen) atoms. The van der Waals surface area contributed by atoms with Crippen LogP contribution in [0, 0.1) is 5.92 Å². The maximum absolute atomic E-state index is 12.2. The lowest BCUT2D eigenvalue weighted by Gasteiger charge is -2.23. The summed E-state index contributed by atoms with van der Waals surface area (Å²) in [6.07, 6.45) is 0. The molecule has 0 saturated heterocycles. The molecule has 0 aliphatic heterocycles. The average molecular weight is 313 g/mol. The van der Waals surface area contributed by atoms with Crippen LogP contribution in [0.15, 0.2) is 29.6 Å². The number of thiophene rings is 1. The Balaban J connectivity index is 0.00000200. The van der Waals surface area contributed by atoms with Crippen LogP contribution in [0.2, 0.25) is 0 Å². The van der Waals surface area contributed by atoms with Crippen LogP contribution in [0.3, 0.4) is 0 Å². The van der Waals surface area contributed by atoms with Crippen LogP contribution in [0.1, 0.15) is 19.4 Å². The van der Waals surface area contributed by atoms with Gasteiger partial charge in [-0.3, -0.25) is 4.79 Å². The highest BCUT2D eigenvalue weighted by Crippen LogP contribution is 2.26. The summed E-state index contributed by atoms with van der Waals surface area (Å²) in [5, 5.41) is 3.37. The van der Waals surface area contributed by atoms with Gasteiger partial charge in [0.2, 0.25) is 5.91 Å². The number of halogens is 1. The van der Waals surface area contributed by atoms with Gasteiger partial charge in [0.25, 0.3) is 0 Å². The van der Waals surface area contributed by atoms with Crippen LogP contribution in [0.25, 0.3) is 10.1 Å². The average Bonchev–Trinajstić information content (AvgIpc) is 2.80. The number of benzene rings is 1. The van der Waals surface area contributed by atoms with Crippen molar-refractivity contribution in [3.05, 3.63) is 35.2 Å². The number of nitrogens with two attached hydrogens (primary N) is 1. The molecule has 0 aliphatic carbocycles. The fourth-order valence-electron chi connectivity index (χ4n) is 2.06. The highest BCUT2D eigenvalue weighted by Gasteiger charge is 2.21. The van der Waals surface area contributed by atoms with Gasteiger partial charge >= 0.3 is 0 Å². The predicted octanol–water partition coefficient (Wildman–Crippen LogP) is 3.26. The summed E-state index contributed by atoms with van der Waals surface area (Å²) in [4.78, 5) is 14.0. The topological polar surface area (TPSA) is 46.3 Å². The SMILES string of the molecule is CC(N)C(C)C(=O)N(C)Cc1csc2ccccc12.Cl. The molecule has 0 aliphatic rings. The Labute approximate surface area is 130 Å². The lowest BCUT2D eigenvalue weighted by atomic mass is 10.0. The fourth-order valence-corrected chi connectivity index (χ4v) is 3.02. The van der Waals surface area contributed by atoms with E-state index in [0.29, 0.717) is 6.54 Å². The third kappa shape index (κ3) is 3.51. The minimum Gasteiger partial charge on any atom is -0.341 e. The van der Waals surface area contributed by atoms with Gasteiger partial charge in [-0.15, -0.1) is 23.7 Å². The summed E-state index contributed by atoms with van der Waals surface area (Å²) < 4.78 is 1.26. The number of hydrogen-bond donors (Lipinski definition) is 1. The van der Waals surface area contributed by atoms with E-state index in [2.05, 4.69) is 17.5 Å². The molecule has 5 heteroatoms. The van der Waals surface area contributed by atoms with Gasteiger partial charge in [0.05, 0.1) is 5.92 Å². The van der Waals surface area contributed by atoms with Crippen molar-refractivity contribution in [2.24, 2.45) is 11.7 Å². The normalized spacial score (nSPS) is 13.6. The van der Waals surface area contributed by atoms with Gasteiger partial charge in [0.1, 0.15) is 0 Å². The number of fused-ring (bicyclic) bond motifs is 1. The van der Waals surface area contributed by atoms with E-state index < -0.39 is 0 Å². The first kappa shape index (κ1) is 17.0. The third-order valence-corrected chi connectivity index (χ3v) is 4.54. The molecule has 1 aromatic carbocycles. The molecule has 2 rings (SSSR count). The zero-order valence-corrected chi connectivity index (χ0v) is 13.6. The van der Waals surface area contributed by atoms with Crippen molar-refractivity contribution < 1.29 is 4.79 Å². The molecule has 1 aromatic heterocycles. The van der Waals surface area contributed by atoms with E-state index in [1.807, 2.05) is 33.0 Å². The number of carbonyl (C=O) groups is 1. The molecule has 1 amide bonds. The standard InChI is InChI=1S/C15H20N2OS.ClH/c1-10(11(2)16)15(18)17(3)8-12-9-19-14-7-5-4-6-13(12)14;/h4-7,9-11H,8,16H2,1-3H3;1H. The third-order valence-electron chi connectivity index (χ3n) is 3.52. The maximum atomic E-state index is 12.2. The van der Waals surface area contributed by atoms with Gasteiger partial charge in [-0.1, -0.05) is 25.1 Å². The van der Waals surface area contributed by atoms with Crippen molar-refractivity contribution in [3.8, 4) is 0 Å². The number of nitrogens with zero attached hydrogens (tertiary/aromatic N) is 1. The molecule has 0 spiro atoms. The Morgan fingerprint density at radius 3 is 2.65 bits per heavy atom. The molecule has 2 atom stereocenters. The second-order valence-corrected chi connectivity index (χ2v) is 6.01. The van der Waals surface area contributed by atoms with Crippen LogP contribution >= 0.6 is 23.7 Å². The van der Waals surface area contributed by atoms with Crippen molar-refractivity contribution in [1.29, 1.82) is 0 Å². The molecule has 1 heterocycles. The lowest BCUT2D eigenvalue weighted by Crippen LogP contribution is -2.39. The van der Waals surface area contributed by atoms with E-state index >= 15 is 0 Å². The maximum Gasteiger partial charge on any atom is 0.226 e. The molecule has 2 N–H and O–H groups in total. The first-order chi connectivity index (χ1) is 9.00. The van der Waals surface area contributed by atoms with Crippen LogP contribution in [0.5, 0.6) is 0 Å². The number of rotatable bonds is 4. The first-order valence-corrected chi connectivity index (χ1v) is 7.34. The minimum atomic E-state index is -0.144. The van der Waals surface area contributed by atoms with Gasteiger partial charge in [0, 0.05) is 24.3 Å². The number of carbonyl (C=O) groups excluding carboxylic acids is 1. The van der Waals surface area contributed by atoms with Crippen LogP contribution in [-0.2, 0) is 11.3 Å². The van der Waals surface area contributed by atoms with E-state index in [9.17, 15) is 4.79 Å². The van der Waals surface area contributed by atoms with Crippen molar-refractivity contribution in [1.82, 2.24) is 4.90 Å². The van der Waals surface area contributed by atoms with E-state index in [1.165, 1.54) is 15.6 Å². The zero-order chi connectivity index (χ0) is 14.0. The molecular weight excluding hydrogens is 292 g/mol. The van der Waals surface area contributed by atoms with E-state index in [4.69, 9.17) is 5.73 Å². The Kier molecular flexibility index (Phi) is 5.99. The lowest BCUT2D eigenvalue weighted by molar-refractivity contribution is -0.134. The Hall–Kier alpha value is -1.10. The second kappa shape index (κ2) is 7.07. The summed E-state index contributed by atoms with van der Waals surface area (Å²) in [7, 11) is 1.84. The molecular formula is C15H21ClN2OS. The van der Waals surface area contributed by atoms with Gasteiger partial charge < -0.3 is 10.6 Å². The summed E-state index contributed by atoms with van der Waals surface area (Å²) >= 11 is 1.72. The Bertz CT molecular complexity index is 582. The number of amides is 1. The minimum absolute atomic E-state index is 0. The summed E-state index contributed by atoms with van der Waals surface area (Å²) in [5.41, 5.74) is 7.00.